The van der Waals surface area contributed by atoms with Gasteiger partial charge >= 0.3 is 6.03 Å². The van der Waals surface area contributed by atoms with Gasteiger partial charge in [-0.15, -0.1) is 0 Å². The average Bonchev–Trinajstić information content (AvgIpc) is 2.57. The van der Waals surface area contributed by atoms with E-state index in [0.717, 1.165) is 38.3 Å². The molecule has 6 nitrogen and oxygen atoms in total. The summed E-state index contributed by atoms with van der Waals surface area (Å²) in [6.45, 7) is 6.07. The van der Waals surface area contributed by atoms with Crippen LogP contribution in [0.15, 0.2) is 30.3 Å². The summed E-state index contributed by atoms with van der Waals surface area (Å²) in [5.74, 6) is 0. The van der Waals surface area contributed by atoms with Crippen LogP contribution >= 0.6 is 0 Å². The molecule has 2 amide bonds. The van der Waals surface area contributed by atoms with E-state index >= 15 is 0 Å². The zero-order valence-corrected chi connectivity index (χ0v) is 14.1. The van der Waals surface area contributed by atoms with E-state index < -0.39 is 0 Å². The van der Waals surface area contributed by atoms with Gasteiger partial charge in [0, 0.05) is 46.4 Å². The number of amides is 2. The second kappa shape index (κ2) is 9.50. The van der Waals surface area contributed by atoms with Crippen molar-refractivity contribution in [1.29, 1.82) is 0 Å². The third-order valence-electron chi connectivity index (χ3n) is 4.14. The number of benzene rings is 1. The third kappa shape index (κ3) is 6.17. The van der Waals surface area contributed by atoms with E-state index in [0.29, 0.717) is 13.2 Å². The number of carbonyl (C=O) groups is 1. The molecule has 0 radical (unpaired) electrons. The Morgan fingerprint density at radius 1 is 1.22 bits per heavy atom. The molecule has 0 unspecified atom stereocenters. The first-order chi connectivity index (χ1) is 11.2. The van der Waals surface area contributed by atoms with Crippen LogP contribution in [-0.4, -0.2) is 75.9 Å². The molecule has 1 fully saturated rings. The Morgan fingerprint density at radius 3 is 2.57 bits per heavy atom. The number of urea groups is 1. The van der Waals surface area contributed by atoms with Crippen molar-refractivity contribution >= 4 is 6.03 Å². The number of nitrogens with zero attached hydrogens (tertiary/aromatic N) is 2. The Bertz CT molecular complexity index is 461. The van der Waals surface area contributed by atoms with Gasteiger partial charge < -0.3 is 20.3 Å². The summed E-state index contributed by atoms with van der Waals surface area (Å²) in [4.78, 5) is 16.8. The van der Waals surface area contributed by atoms with E-state index in [1.807, 2.05) is 18.2 Å². The van der Waals surface area contributed by atoms with Gasteiger partial charge in [0.1, 0.15) is 0 Å². The van der Waals surface area contributed by atoms with E-state index in [-0.39, 0.29) is 12.1 Å². The smallest absolute Gasteiger partial charge is 0.315 e. The van der Waals surface area contributed by atoms with E-state index in [2.05, 4.69) is 39.6 Å². The van der Waals surface area contributed by atoms with Gasteiger partial charge in [0.15, 0.2) is 0 Å². The lowest BCUT2D eigenvalue weighted by atomic mass is 10.1. The maximum Gasteiger partial charge on any atom is 0.315 e. The fraction of sp³-hybridized carbons (Fsp3) is 0.588. The van der Waals surface area contributed by atoms with Gasteiger partial charge in [0.2, 0.25) is 0 Å². The normalized spacial score (nSPS) is 17.7. The number of likely N-dealkylation sites (N-methyl/N-ethyl adjacent to an activating group) is 1. The summed E-state index contributed by atoms with van der Waals surface area (Å²) < 4.78 is 4.96. The van der Waals surface area contributed by atoms with Crippen molar-refractivity contribution in [2.45, 2.75) is 6.04 Å². The number of carbonyl (C=O) groups excluding carboxylic acids is 1. The number of methoxy groups -OCH3 is 1. The average molecular weight is 320 g/mol. The minimum absolute atomic E-state index is 0.0119. The fourth-order valence-electron chi connectivity index (χ4n) is 2.68. The molecule has 1 aromatic carbocycles. The minimum Gasteiger partial charge on any atom is -0.383 e. The monoisotopic (exact) mass is 320 g/mol. The standard InChI is InChI=1S/C17H28N4O2/c1-20-9-11-21(12-10-20)14-16(15-6-4-3-5-7-15)19-17(22)18-8-13-23-2/h3-7,16H,8-14H2,1-2H3,(H2,18,19,22)/t16-/m1/s1. The second-order valence-electron chi connectivity index (χ2n) is 5.96. The third-order valence-corrected chi connectivity index (χ3v) is 4.14. The minimum atomic E-state index is -0.148. The Labute approximate surface area is 138 Å². The Balaban J connectivity index is 1.93. The van der Waals surface area contributed by atoms with Crippen LogP contribution in [0.4, 0.5) is 4.79 Å². The van der Waals surface area contributed by atoms with Crippen molar-refractivity contribution in [2.75, 3.05) is 60.0 Å². The molecule has 1 aliphatic rings. The van der Waals surface area contributed by atoms with Gasteiger partial charge in [-0.05, 0) is 12.6 Å². The highest BCUT2D eigenvalue weighted by atomic mass is 16.5. The number of ether oxygens (including phenoxy) is 1. The van der Waals surface area contributed by atoms with Crippen molar-refractivity contribution in [1.82, 2.24) is 20.4 Å². The molecule has 1 aromatic rings. The molecule has 1 saturated heterocycles. The van der Waals surface area contributed by atoms with Crippen LogP contribution in [0.1, 0.15) is 11.6 Å². The molecule has 0 aliphatic carbocycles. The highest BCUT2D eigenvalue weighted by molar-refractivity contribution is 5.74. The van der Waals surface area contributed by atoms with Crippen molar-refractivity contribution in [3.05, 3.63) is 35.9 Å². The molecule has 128 valence electrons. The number of hydrogen-bond donors (Lipinski definition) is 2. The summed E-state index contributed by atoms with van der Waals surface area (Å²) in [6, 6.07) is 9.99. The van der Waals surface area contributed by atoms with Crippen LogP contribution < -0.4 is 10.6 Å². The van der Waals surface area contributed by atoms with Crippen LogP contribution in [0.5, 0.6) is 0 Å². The van der Waals surface area contributed by atoms with E-state index in [1.165, 1.54) is 0 Å². The molecular weight excluding hydrogens is 292 g/mol. The topological polar surface area (TPSA) is 56.8 Å². The van der Waals surface area contributed by atoms with E-state index in [4.69, 9.17) is 4.74 Å². The molecule has 0 spiro atoms. The quantitative estimate of drug-likeness (QED) is 0.734. The molecule has 2 N–H and O–H groups in total. The molecule has 1 heterocycles. The van der Waals surface area contributed by atoms with Crippen molar-refractivity contribution in [2.24, 2.45) is 0 Å². The van der Waals surface area contributed by atoms with Crippen molar-refractivity contribution < 1.29 is 9.53 Å². The van der Waals surface area contributed by atoms with Crippen LogP contribution in [0.3, 0.4) is 0 Å². The zero-order chi connectivity index (χ0) is 16.5. The lowest BCUT2D eigenvalue weighted by molar-refractivity contribution is 0.142. The molecule has 2 rings (SSSR count). The van der Waals surface area contributed by atoms with Crippen LogP contribution in [-0.2, 0) is 4.74 Å². The van der Waals surface area contributed by atoms with Gasteiger partial charge in [-0.1, -0.05) is 30.3 Å². The molecule has 0 aromatic heterocycles. The molecule has 6 heteroatoms. The van der Waals surface area contributed by atoms with Crippen molar-refractivity contribution in [3.63, 3.8) is 0 Å². The first kappa shape index (κ1) is 17.7. The fourth-order valence-corrected chi connectivity index (χ4v) is 2.68. The highest BCUT2D eigenvalue weighted by Gasteiger charge is 2.21. The summed E-state index contributed by atoms with van der Waals surface area (Å²) in [6.07, 6.45) is 0. The largest absolute Gasteiger partial charge is 0.383 e. The zero-order valence-electron chi connectivity index (χ0n) is 14.1. The maximum atomic E-state index is 12.1. The van der Waals surface area contributed by atoms with Crippen LogP contribution in [0.2, 0.25) is 0 Å². The number of rotatable bonds is 7. The van der Waals surface area contributed by atoms with Gasteiger partial charge in [-0.25, -0.2) is 4.79 Å². The Morgan fingerprint density at radius 2 is 1.91 bits per heavy atom. The van der Waals surface area contributed by atoms with E-state index in [9.17, 15) is 4.79 Å². The molecule has 1 aliphatic heterocycles. The second-order valence-corrected chi connectivity index (χ2v) is 5.96. The summed E-state index contributed by atoms with van der Waals surface area (Å²) in [5, 5.41) is 5.92. The molecule has 0 bridgehead atoms. The molecule has 1 atom stereocenters. The lowest BCUT2D eigenvalue weighted by Gasteiger charge is -2.35. The number of piperazine rings is 1. The highest BCUT2D eigenvalue weighted by Crippen LogP contribution is 2.15. The Hall–Kier alpha value is -1.63. The molecule has 0 saturated carbocycles. The van der Waals surface area contributed by atoms with Crippen LogP contribution in [0, 0.1) is 0 Å². The SMILES string of the molecule is COCCNC(=O)N[C@H](CN1CCN(C)CC1)c1ccccc1. The van der Waals surface area contributed by atoms with E-state index in [1.54, 1.807) is 7.11 Å². The first-order valence-electron chi connectivity index (χ1n) is 8.18. The summed E-state index contributed by atoms with van der Waals surface area (Å²) in [5.41, 5.74) is 1.13. The van der Waals surface area contributed by atoms with Gasteiger partial charge in [0.25, 0.3) is 0 Å². The Kier molecular flexibility index (Phi) is 7.32. The maximum absolute atomic E-state index is 12.1. The molecular formula is C17H28N4O2. The van der Waals surface area contributed by atoms with Gasteiger partial charge in [0.05, 0.1) is 12.6 Å². The predicted molar refractivity (Wildman–Crippen MR) is 91.5 cm³/mol. The molecule has 23 heavy (non-hydrogen) atoms. The first-order valence-corrected chi connectivity index (χ1v) is 8.18. The van der Waals surface area contributed by atoms with Crippen LogP contribution in [0.25, 0.3) is 0 Å². The van der Waals surface area contributed by atoms with Gasteiger partial charge in [-0.2, -0.15) is 0 Å². The summed E-state index contributed by atoms with van der Waals surface area (Å²) >= 11 is 0. The summed E-state index contributed by atoms with van der Waals surface area (Å²) in [7, 11) is 3.77. The lowest BCUT2D eigenvalue weighted by Crippen LogP contribution is -2.49. The van der Waals surface area contributed by atoms with Crippen molar-refractivity contribution in [3.8, 4) is 0 Å². The predicted octanol–water partition coefficient (Wildman–Crippen LogP) is 0.921. The number of hydrogen-bond acceptors (Lipinski definition) is 4. The number of nitrogens with one attached hydrogen (secondary N) is 2. The van der Waals surface area contributed by atoms with Gasteiger partial charge in [-0.3, -0.25) is 4.90 Å².